The van der Waals surface area contributed by atoms with E-state index in [9.17, 15) is 4.79 Å². The quantitative estimate of drug-likeness (QED) is 0.783. The zero-order valence-electron chi connectivity index (χ0n) is 12.5. The molecule has 0 aromatic heterocycles. The monoisotopic (exact) mass is 267 g/mol. The van der Waals surface area contributed by atoms with Crippen molar-refractivity contribution >= 4 is 5.91 Å². The summed E-state index contributed by atoms with van der Waals surface area (Å²) in [7, 11) is 2.13. The van der Waals surface area contributed by atoms with E-state index in [0.717, 1.165) is 32.1 Å². The van der Waals surface area contributed by atoms with Gasteiger partial charge in [0.2, 0.25) is 5.91 Å². The van der Waals surface area contributed by atoms with Crippen molar-refractivity contribution in [2.45, 2.75) is 45.1 Å². The molecule has 110 valence electrons. The van der Waals surface area contributed by atoms with Crippen LogP contribution in [0.3, 0.4) is 0 Å². The van der Waals surface area contributed by atoms with E-state index < -0.39 is 0 Å². The molecule has 1 N–H and O–H groups in total. The molecule has 0 aromatic rings. The van der Waals surface area contributed by atoms with Gasteiger partial charge in [-0.2, -0.15) is 0 Å². The van der Waals surface area contributed by atoms with Crippen LogP contribution in [0.5, 0.6) is 0 Å². The fourth-order valence-corrected chi connectivity index (χ4v) is 3.26. The second kappa shape index (κ2) is 7.25. The first-order valence-corrected chi connectivity index (χ1v) is 7.85. The molecule has 2 unspecified atom stereocenters. The molecule has 2 rings (SSSR count). The number of hydrogen-bond donors (Lipinski definition) is 1. The van der Waals surface area contributed by atoms with Crippen LogP contribution in [0.15, 0.2) is 0 Å². The van der Waals surface area contributed by atoms with Crippen molar-refractivity contribution in [2.75, 3.05) is 39.8 Å². The van der Waals surface area contributed by atoms with Gasteiger partial charge in [0.1, 0.15) is 0 Å². The number of piperazine rings is 1. The normalized spacial score (nSPS) is 29.3. The van der Waals surface area contributed by atoms with Gasteiger partial charge in [-0.3, -0.25) is 9.69 Å². The van der Waals surface area contributed by atoms with Gasteiger partial charge in [0.25, 0.3) is 0 Å². The molecule has 2 fully saturated rings. The lowest BCUT2D eigenvalue weighted by Crippen LogP contribution is -2.50. The molecular formula is C15H29N3O. The van der Waals surface area contributed by atoms with Crippen LogP contribution in [0.25, 0.3) is 0 Å². The second-order valence-corrected chi connectivity index (χ2v) is 6.31. The Kier molecular flexibility index (Phi) is 5.64. The molecule has 1 saturated carbocycles. The summed E-state index contributed by atoms with van der Waals surface area (Å²) in [6, 6.07) is 0.608. The Morgan fingerprint density at radius 2 is 1.95 bits per heavy atom. The topological polar surface area (TPSA) is 35.6 Å². The minimum absolute atomic E-state index is 0.307. The number of likely N-dealkylation sites (N-methyl/N-ethyl adjacent to an activating group) is 1. The van der Waals surface area contributed by atoms with Crippen LogP contribution in [-0.4, -0.2) is 61.5 Å². The van der Waals surface area contributed by atoms with Gasteiger partial charge in [-0.05, 0) is 32.2 Å². The number of nitrogens with zero attached hydrogens (tertiary/aromatic N) is 2. The smallest absolute Gasteiger partial charge is 0.236 e. The third-order valence-corrected chi connectivity index (χ3v) is 4.70. The van der Waals surface area contributed by atoms with Crippen molar-refractivity contribution in [2.24, 2.45) is 5.92 Å². The van der Waals surface area contributed by atoms with Gasteiger partial charge in [-0.15, -0.1) is 0 Å². The maximum absolute atomic E-state index is 12.3. The fourth-order valence-electron chi connectivity index (χ4n) is 3.26. The van der Waals surface area contributed by atoms with Gasteiger partial charge in [-0.25, -0.2) is 0 Å². The predicted molar refractivity (Wildman–Crippen MR) is 78.1 cm³/mol. The van der Waals surface area contributed by atoms with E-state index in [4.69, 9.17) is 0 Å². The SMILES string of the molecule is CC1CCCC(N(C)CC(=O)N2CCNCC2)CC1. The molecule has 1 saturated heterocycles. The van der Waals surface area contributed by atoms with E-state index in [0.29, 0.717) is 18.5 Å². The summed E-state index contributed by atoms with van der Waals surface area (Å²) in [4.78, 5) is 16.6. The summed E-state index contributed by atoms with van der Waals surface area (Å²) >= 11 is 0. The summed E-state index contributed by atoms with van der Waals surface area (Å²) in [6.07, 6.45) is 6.51. The van der Waals surface area contributed by atoms with Crippen LogP contribution in [0.4, 0.5) is 0 Å². The summed E-state index contributed by atoms with van der Waals surface area (Å²) in [5, 5.41) is 3.29. The van der Waals surface area contributed by atoms with E-state index in [1.165, 1.54) is 32.1 Å². The van der Waals surface area contributed by atoms with E-state index in [1.807, 2.05) is 4.90 Å². The third kappa shape index (κ3) is 4.46. The van der Waals surface area contributed by atoms with E-state index >= 15 is 0 Å². The highest BCUT2D eigenvalue weighted by atomic mass is 16.2. The molecule has 4 heteroatoms. The van der Waals surface area contributed by atoms with Crippen molar-refractivity contribution in [1.29, 1.82) is 0 Å². The standard InChI is InChI=1S/C15H29N3O/c1-13-4-3-5-14(7-6-13)17(2)12-15(19)18-10-8-16-9-11-18/h13-14,16H,3-12H2,1-2H3. The lowest BCUT2D eigenvalue weighted by Gasteiger charge is -2.32. The summed E-state index contributed by atoms with van der Waals surface area (Å²) in [5.74, 6) is 1.17. The minimum atomic E-state index is 0.307. The minimum Gasteiger partial charge on any atom is -0.339 e. The Balaban J connectivity index is 1.78. The van der Waals surface area contributed by atoms with Crippen LogP contribution < -0.4 is 5.32 Å². The molecule has 4 nitrogen and oxygen atoms in total. The summed E-state index contributed by atoms with van der Waals surface area (Å²) < 4.78 is 0. The Morgan fingerprint density at radius 3 is 2.68 bits per heavy atom. The predicted octanol–water partition coefficient (Wildman–Crippen LogP) is 1.32. The lowest BCUT2D eigenvalue weighted by atomic mass is 10.0. The maximum Gasteiger partial charge on any atom is 0.236 e. The van der Waals surface area contributed by atoms with Crippen LogP contribution >= 0.6 is 0 Å². The zero-order valence-corrected chi connectivity index (χ0v) is 12.5. The Labute approximate surface area is 117 Å². The van der Waals surface area contributed by atoms with Gasteiger partial charge in [0.15, 0.2) is 0 Å². The van der Waals surface area contributed by atoms with Crippen molar-refractivity contribution in [1.82, 2.24) is 15.1 Å². The van der Waals surface area contributed by atoms with E-state index in [2.05, 4.69) is 24.2 Å². The Morgan fingerprint density at radius 1 is 1.21 bits per heavy atom. The van der Waals surface area contributed by atoms with Gasteiger partial charge in [0.05, 0.1) is 6.54 Å². The van der Waals surface area contributed by atoms with Crippen molar-refractivity contribution < 1.29 is 4.79 Å². The van der Waals surface area contributed by atoms with Gasteiger partial charge >= 0.3 is 0 Å². The fraction of sp³-hybridized carbons (Fsp3) is 0.933. The zero-order chi connectivity index (χ0) is 13.7. The molecular weight excluding hydrogens is 238 g/mol. The Bertz CT molecular complexity index is 289. The average molecular weight is 267 g/mol. The van der Waals surface area contributed by atoms with E-state index in [-0.39, 0.29) is 0 Å². The average Bonchev–Trinajstić information content (AvgIpc) is 2.64. The highest BCUT2D eigenvalue weighted by Crippen LogP contribution is 2.25. The van der Waals surface area contributed by atoms with Crippen LogP contribution in [0.2, 0.25) is 0 Å². The van der Waals surface area contributed by atoms with Crippen molar-refractivity contribution in [3.8, 4) is 0 Å². The number of carbonyl (C=O) groups is 1. The molecule has 1 amide bonds. The second-order valence-electron chi connectivity index (χ2n) is 6.31. The number of carbonyl (C=O) groups excluding carboxylic acids is 1. The van der Waals surface area contributed by atoms with Gasteiger partial charge in [0, 0.05) is 32.2 Å². The third-order valence-electron chi connectivity index (χ3n) is 4.70. The number of amides is 1. The van der Waals surface area contributed by atoms with Gasteiger partial charge < -0.3 is 10.2 Å². The summed E-state index contributed by atoms with van der Waals surface area (Å²) in [5.41, 5.74) is 0. The largest absolute Gasteiger partial charge is 0.339 e. The Hall–Kier alpha value is -0.610. The molecule has 0 bridgehead atoms. The highest BCUT2D eigenvalue weighted by molar-refractivity contribution is 5.78. The molecule has 2 atom stereocenters. The molecule has 1 heterocycles. The van der Waals surface area contributed by atoms with Crippen molar-refractivity contribution in [3.63, 3.8) is 0 Å². The lowest BCUT2D eigenvalue weighted by molar-refractivity contribution is -0.133. The first-order chi connectivity index (χ1) is 9.16. The van der Waals surface area contributed by atoms with Crippen LogP contribution in [-0.2, 0) is 4.79 Å². The molecule has 0 spiro atoms. The first kappa shape index (κ1) is 14.8. The molecule has 2 aliphatic rings. The molecule has 1 aliphatic heterocycles. The van der Waals surface area contributed by atoms with Crippen LogP contribution in [0, 0.1) is 5.92 Å². The maximum atomic E-state index is 12.3. The molecule has 1 aliphatic carbocycles. The van der Waals surface area contributed by atoms with E-state index in [1.54, 1.807) is 0 Å². The summed E-state index contributed by atoms with van der Waals surface area (Å²) in [6.45, 7) is 6.57. The van der Waals surface area contributed by atoms with Crippen LogP contribution in [0.1, 0.15) is 39.0 Å². The molecule has 19 heavy (non-hydrogen) atoms. The number of rotatable bonds is 3. The van der Waals surface area contributed by atoms with Crippen molar-refractivity contribution in [3.05, 3.63) is 0 Å². The highest BCUT2D eigenvalue weighted by Gasteiger charge is 2.23. The molecule has 0 aromatic carbocycles. The number of nitrogens with one attached hydrogen (secondary N) is 1. The number of hydrogen-bond acceptors (Lipinski definition) is 3. The molecule has 0 radical (unpaired) electrons. The van der Waals surface area contributed by atoms with Gasteiger partial charge in [-0.1, -0.05) is 19.8 Å². The first-order valence-electron chi connectivity index (χ1n) is 7.85.